The van der Waals surface area contributed by atoms with Crippen molar-refractivity contribution in [3.8, 4) is 0 Å². The highest BCUT2D eigenvalue weighted by Crippen LogP contribution is 2.12. The minimum absolute atomic E-state index is 0.00500. The lowest BCUT2D eigenvalue weighted by Gasteiger charge is -2.20. The Morgan fingerprint density at radius 3 is 2.38 bits per heavy atom. The summed E-state index contributed by atoms with van der Waals surface area (Å²) >= 11 is 0. The molecular formula is C14H24N2O4S. The summed E-state index contributed by atoms with van der Waals surface area (Å²) < 4.78 is 29.5. The molecule has 1 aromatic carbocycles. The molecule has 0 aliphatic carbocycles. The fraction of sp³-hybridized carbons (Fsp3) is 0.571. The highest BCUT2D eigenvalue weighted by Gasteiger charge is 2.16. The van der Waals surface area contributed by atoms with Crippen molar-refractivity contribution in [2.75, 3.05) is 45.7 Å². The molecule has 0 fully saturated rings. The zero-order chi connectivity index (χ0) is 15.7. The fourth-order valence-electron chi connectivity index (χ4n) is 1.90. The first-order chi connectivity index (χ1) is 10.0. The molecule has 0 aromatic heterocycles. The van der Waals surface area contributed by atoms with Gasteiger partial charge in [0.15, 0.2) is 9.84 Å². The van der Waals surface area contributed by atoms with Crippen molar-refractivity contribution in [2.45, 2.75) is 11.4 Å². The van der Waals surface area contributed by atoms with Gasteiger partial charge in [-0.2, -0.15) is 0 Å². The van der Waals surface area contributed by atoms with Crippen LogP contribution in [0.15, 0.2) is 29.2 Å². The molecule has 7 heteroatoms. The number of nitrogens with two attached hydrogens (primary N) is 1. The molecule has 0 aliphatic heterocycles. The number of methoxy groups -OCH3 is 1. The molecule has 6 nitrogen and oxygen atoms in total. The topological polar surface area (TPSA) is 92.9 Å². The lowest BCUT2D eigenvalue weighted by Crippen LogP contribution is -2.34. The number of hydrogen-bond acceptors (Lipinski definition) is 6. The SMILES string of the molecule is COCCN(CCO)CCS(=O)(=O)c1ccc(CN)cc1. The average molecular weight is 316 g/mol. The van der Waals surface area contributed by atoms with E-state index in [1.807, 2.05) is 4.90 Å². The van der Waals surface area contributed by atoms with Crippen molar-refractivity contribution in [3.63, 3.8) is 0 Å². The van der Waals surface area contributed by atoms with Gasteiger partial charge in [-0.15, -0.1) is 0 Å². The number of nitrogens with zero attached hydrogens (tertiary/aromatic N) is 1. The third-order valence-electron chi connectivity index (χ3n) is 3.22. The molecule has 0 saturated carbocycles. The average Bonchev–Trinajstić information content (AvgIpc) is 2.50. The summed E-state index contributed by atoms with van der Waals surface area (Å²) in [5.74, 6) is 0.0126. The van der Waals surface area contributed by atoms with Crippen LogP contribution in [0.4, 0.5) is 0 Å². The molecule has 0 spiro atoms. The van der Waals surface area contributed by atoms with Gasteiger partial charge in [0.1, 0.15) is 0 Å². The van der Waals surface area contributed by atoms with Gasteiger partial charge < -0.3 is 15.6 Å². The maximum absolute atomic E-state index is 12.3. The van der Waals surface area contributed by atoms with Gasteiger partial charge >= 0.3 is 0 Å². The third kappa shape index (κ3) is 6.11. The Morgan fingerprint density at radius 1 is 1.19 bits per heavy atom. The van der Waals surface area contributed by atoms with Crippen molar-refractivity contribution in [2.24, 2.45) is 5.73 Å². The van der Waals surface area contributed by atoms with Crippen LogP contribution in [0.1, 0.15) is 5.56 Å². The number of rotatable bonds is 10. The second kappa shape index (κ2) is 9.11. The quantitative estimate of drug-likeness (QED) is 0.624. The predicted octanol–water partition coefficient (Wildman–Crippen LogP) is -0.140. The van der Waals surface area contributed by atoms with Crippen LogP contribution < -0.4 is 5.73 Å². The van der Waals surface area contributed by atoms with E-state index in [9.17, 15) is 8.42 Å². The molecule has 1 aromatic rings. The van der Waals surface area contributed by atoms with Crippen LogP contribution in [0.5, 0.6) is 0 Å². The normalized spacial score (nSPS) is 12.0. The molecular weight excluding hydrogens is 292 g/mol. The van der Waals surface area contributed by atoms with E-state index in [-0.39, 0.29) is 12.4 Å². The zero-order valence-corrected chi connectivity index (χ0v) is 13.2. The first kappa shape index (κ1) is 18.1. The molecule has 0 heterocycles. The molecule has 120 valence electrons. The van der Waals surface area contributed by atoms with Gasteiger partial charge in [-0.05, 0) is 17.7 Å². The van der Waals surface area contributed by atoms with Crippen LogP contribution in [-0.4, -0.2) is 64.1 Å². The lowest BCUT2D eigenvalue weighted by molar-refractivity contribution is 0.135. The number of aliphatic hydroxyl groups is 1. The van der Waals surface area contributed by atoms with Gasteiger partial charge in [0.2, 0.25) is 0 Å². The van der Waals surface area contributed by atoms with Gasteiger partial charge in [-0.25, -0.2) is 8.42 Å². The van der Waals surface area contributed by atoms with Crippen LogP contribution in [0.3, 0.4) is 0 Å². The van der Waals surface area contributed by atoms with E-state index in [2.05, 4.69) is 0 Å². The Labute approximate surface area is 126 Å². The van der Waals surface area contributed by atoms with Crippen LogP contribution in [0.25, 0.3) is 0 Å². The van der Waals surface area contributed by atoms with Crippen molar-refractivity contribution < 1.29 is 18.3 Å². The lowest BCUT2D eigenvalue weighted by atomic mass is 10.2. The minimum atomic E-state index is -3.33. The molecule has 0 radical (unpaired) electrons. The largest absolute Gasteiger partial charge is 0.395 e. The summed E-state index contributed by atoms with van der Waals surface area (Å²) in [6.45, 7) is 2.29. The van der Waals surface area contributed by atoms with Crippen molar-refractivity contribution in [1.29, 1.82) is 0 Å². The minimum Gasteiger partial charge on any atom is -0.395 e. The van der Waals surface area contributed by atoms with Crippen molar-refractivity contribution >= 4 is 9.84 Å². The Balaban J connectivity index is 2.65. The number of hydrogen-bond donors (Lipinski definition) is 2. The molecule has 0 aliphatic rings. The van der Waals surface area contributed by atoms with Crippen LogP contribution in [-0.2, 0) is 21.1 Å². The summed E-state index contributed by atoms with van der Waals surface area (Å²) in [6.07, 6.45) is 0. The molecule has 0 saturated heterocycles. The van der Waals surface area contributed by atoms with E-state index in [0.29, 0.717) is 37.7 Å². The molecule has 0 unspecified atom stereocenters. The second-order valence-corrected chi connectivity index (χ2v) is 6.83. The highest BCUT2D eigenvalue weighted by atomic mass is 32.2. The first-order valence-electron chi connectivity index (χ1n) is 6.87. The number of benzene rings is 1. The monoisotopic (exact) mass is 316 g/mol. The molecule has 21 heavy (non-hydrogen) atoms. The highest BCUT2D eigenvalue weighted by molar-refractivity contribution is 7.91. The molecule has 0 atom stereocenters. The van der Waals surface area contributed by atoms with E-state index in [1.54, 1.807) is 31.4 Å². The maximum atomic E-state index is 12.3. The Morgan fingerprint density at radius 2 is 1.86 bits per heavy atom. The van der Waals surface area contributed by atoms with Gasteiger partial charge in [-0.3, -0.25) is 4.90 Å². The maximum Gasteiger partial charge on any atom is 0.179 e. The second-order valence-electron chi connectivity index (χ2n) is 4.72. The predicted molar refractivity (Wildman–Crippen MR) is 81.8 cm³/mol. The Hall–Kier alpha value is -0.990. The first-order valence-corrected chi connectivity index (χ1v) is 8.52. The summed E-state index contributed by atoms with van der Waals surface area (Å²) in [4.78, 5) is 2.17. The Kier molecular flexibility index (Phi) is 7.84. The molecule has 0 bridgehead atoms. The Bertz CT molecular complexity index is 502. The number of ether oxygens (including phenoxy) is 1. The number of aliphatic hydroxyl groups excluding tert-OH is 1. The van der Waals surface area contributed by atoms with Gasteiger partial charge in [0.25, 0.3) is 0 Å². The standard InChI is InChI=1S/C14H24N2O4S/c1-20-10-7-16(6-9-17)8-11-21(18,19)14-4-2-13(12-15)3-5-14/h2-5,17H,6-12,15H2,1H3. The zero-order valence-electron chi connectivity index (χ0n) is 12.4. The van der Waals surface area contributed by atoms with Gasteiger partial charge in [-0.1, -0.05) is 12.1 Å². The smallest absolute Gasteiger partial charge is 0.179 e. The molecule has 0 amide bonds. The fourth-order valence-corrected chi connectivity index (χ4v) is 3.18. The summed E-state index contributed by atoms with van der Waals surface area (Å²) in [5.41, 5.74) is 6.39. The van der Waals surface area contributed by atoms with Gasteiger partial charge in [0, 0.05) is 33.3 Å². The van der Waals surface area contributed by atoms with Crippen LogP contribution in [0.2, 0.25) is 0 Å². The molecule has 1 rings (SSSR count). The third-order valence-corrected chi connectivity index (χ3v) is 4.93. The van der Waals surface area contributed by atoms with E-state index in [1.165, 1.54) is 0 Å². The van der Waals surface area contributed by atoms with Crippen LogP contribution >= 0.6 is 0 Å². The summed E-state index contributed by atoms with van der Waals surface area (Å²) in [5, 5.41) is 9.00. The van der Waals surface area contributed by atoms with E-state index >= 15 is 0 Å². The van der Waals surface area contributed by atoms with Crippen molar-refractivity contribution in [1.82, 2.24) is 4.90 Å². The van der Waals surface area contributed by atoms with E-state index in [0.717, 1.165) is 5.56 Å². The van der Waals surface area contributed by atoms with Crippen molar-refractivity contribution in [3.05, 3.63) is 29.8 Å². The summed E-state index contributed by atoms with van der Waals surface area (Å²) in [6, 6.07) is 6.62. The summed E-state index contributed by atoms with van der Waals surface area (Å²) in [7, 11) is -1.74. The van der Waals surface area contributed by atoms with E-state index < -0.39 is 9.84 Å². The number of sulfone groups is 1. The van der Waals surface area contributed by atoms with Gasteiger partial charge in [0.05, 0.1) is 23.9 Å². The van der Waals surface area contributed by atoms with E-state index in [4.69, 9.17) is 15.6 Å². The molecule has 3 N–H and O–H groups in total. The van der Waals surface area contributed by atoms with Crippen LogP contribution in [0, 0.1) is 0 Å².